The zero-order chi connectivity index (χ0) is 17.6. The number of halogens is 1. The first-order valence-electron chi connectivity index (χ1n) is 7.28. The predicted molar refractivity (Wildman–Crippen MR) is 87.6 cm³/mol. The number of aryl methyl sites for hydroxylation is 1. The molecule has 0 aliphatic heterocycles. The van der Waals surface area contributed by atoms with Crippen molar-refractivity contribution in [2.45, 2.75) is 17.7 Å². The van der Waals surface area contributed by atoms with Crippen LogP contribution in [0.1, 0.15) is 17.5 Å². The predicted octanol–water partition coefficient (Wildman–Crippen LogP) is 2.62. The van der Waals surface area contributed by atoms with Gasteiger partial charge in [-0.2, -0.15) is 5.26 Å². The smallest absolute Gasteiger partial charge is 0.240 e. The van der Waals surface area contributed by atoms with Crippen LogP contribution in [-0.2, 0) is 16.4 Å². The summed E-state index contributed by atoms with van der Waals surface area (Å²) in [5.41, 5.74) is 1.10. The summed E-state index contributed by atoms with van der Waals surface area (Å²) in [7, 11) is -2.28. The van der Waals surface area contributed by atoms with Gasteiger partial charge in [0.25, 0.3) is 0 Å². The van der Waals surface area contributed by atoms with Crippen molar-refractivity contribution < 1.29 is 17.5 Å². The third-order valence-electron chi connectivity index (χ3n) is 3.45. The molecule has 7 heteroatoms. The van der Waals surface area contributed by atoms with Gasteiger partial charge < -0.3 is 4.74 Å². The Balaban J connectivity index is 1.96. The Morgan fingerprint density at radius 2 is 1.92 bits per heavy atom. The molecule has 126 valence electrons. The van der Waals surface area contributed by atoms with Crippen LogP contribution in [-0.4, -0.2) is 22.1 Å². The molecule has 2 rings (SSSR count). The minimum Gasteiger partial charge on any atom is -0.495 e. The lowest BCUT2D eigenvalue weighted by Gasteiger charge is -2.09. The molecule has 0 fully saturated rings. The van der Waals surface area contributed by atoms with Gasteiger partial charge in [-0.15, -0.1) is 0 Å². The van der Waals surface area contributed by atoms with E-state index >= 15 is 0 Å². The summed E-state index contributed by atoms with van der Waals surface area (Å²) in [6.07, 6.45) is 1.21. The molecule has 5 nitrogen and oxygen atoms in total. The highest BCUT2D eigenvalue weighted by Crippen LogP contribution is 2.21. The first-order valence-corrected chi connectivity index (χ1v) is 8.77. The number of nitrogens with one attached hydrogen (secondary N) is 1. The van der Waals surface area contributed by atoms with Crippen molar-refractivity contribution in [2.24, 2.45) is 0 Å². The fourth-order valence-electron chi connectivity index (χ4n) is 2.18. The summed E-state index contributed by atoms with van der Waals surface area (Å²) in [5, 5.41) is 9.03. The van der Waals surface area contributed by atoms with E-state index in [0.717, 1.165) is 5.56 Å². The number of benzene rings is 2. The van der Waals surface area contributed by atoms with E-state index < -0.39 is 10.0 Å². The van der Waals surface area contributed by atoms with Gasteiger partial charge in [0, 0.05) is 6.54 Å². The van der Waals surface area contributed by atoms with Gasteiger partial charge in [0.1, 0.15) is 17.6 Å². The lowest BCUT2D eigenvalue weighted by atomic mass is 10.1. The molecule has 0 radical (unpaired) electrons. The highest BCUT2D eigenvalue weighted by Gasteiger charge is 2.16. The van der Waals surface area contributed by atoms with Crippen molar-refractivity contribution in [2.75, 3.05) is 13.7 Å². The molecule has 1 N–H and O–H groups in total. The van der Waals surface area contributed by atoms with Gasteiger partial charge >= 0.3 is 0 Å². The first kappa shape index (κ1) is 17.9. The largest absolute Gasteiger partial charge is 0.495 e. The van der Waals surface area contributed by atoms with Gasteiger partial charge in [-0.3, -0.25) is 0 Å². The number of nitriles is 1. The van der Waals surface area contributed by atoms with Crippen LogP contribution in [0.15, 0.2) is 47.4 Å². The number of hydrogen-bond acceptors (Lipinski definition) is 4. The fraction of sp³-hybridized carbons (Fsp3) is 0.235. The maximum absolute atomic E-state index is 12.8. The molecule has 0 aromatic heterocycles. The second kappa shape index (κ2) is 7.90. The van der Waals surface area contributed by atoms with Crippen LogP contribution in [0.25, 0.3) is 0 Å². The molecular weight excluding hydrogens is 331 g/mol. The molecule has 0 heterocycles. The molecule has 0 saturated heterocycles. The maximum atomic E-state index is 12.8. The van der Waals surface area contributed by atoms with E-state index in [0.29, 0.717) is 18.6 Å². The van der Waals surface area contributed by atoms with Crippen LogP contribution in [0.2, 0.25) is 0 Å². The van der Waals surface area contributed by atoms with E-state index in [2.05, 4.69) is 4.72 Å². The Kier molecular flexibility index (Phi) is 5.90. The lowest BCUT2D eigenvalue weighted by molar-refractivity contribution is 0.413. The van der Waals surface area contributed by atoms with E-state index in [9.17, 15) is 12.8 Å². The minimum absolute atomic E-state index is 0.0154. The van der Waals surface area contributed by atoms with E-state index in [4.69, 9.17) is 10.00 Å². The van der Waals surface area contributed by atoms with Gasteiger partial charge in [-0.05, 0) is 48.7 Å². The highest BCUT2D eigenvalue weighted by molar-refractivity contribution is 7.89. The highest BCUT2D eigenvalue weighted by atomic mass is 32.2. The van der Waals surface area contributed by atoms with Gasteiger partial charge in [-0.1, -0.05) is 12.1 Å². The molecule has 0 amide bonds. The molecule has 0 bridgehead atoms. The molecule has 0 spiro atoms. The van der Waals surface area contributed by atoms with Crippen molar-refractivity contribution in [3.8, 4) is 11.8 Å². The van der Waals surface area contributed by atoms with E-state index in [1.807, 2.05) is 6.07 Å². The summed E-state index contributed by atoms with van der Waals surface area (Å²) >= 11 is 0. The Morgan fingerprint density at radius 3 is 2.54 bits per heavy atom. The standard InChI is InChI=1S/C17H17FN2O3S/c1-23-17-9-8-16(11-14(17)12-19)24(21,22)20-10-2-3-13-4-6-15(18)7-5-13/h4-9,11,20H,2-3,10H2,1H3. The Hall–Kier alpha value is -2.43. The molecule has 0 atom stereocenters. The summed E-state index contributed by atoms with van der Waals surface area (Å²) < 4.78 is 44.8. The average Bonchev–Trinajstić information content (AvgIpc) is 2.59. The minimum atomic E-state index is -3.70. The van der Waals surface area contributed by atoms with Crippen molar-refractivity contribution in [3.05, 3.63) is 59.4 Å². The van der Waals surface area contributed by atoms with Gasteiger partial charge in [0.2, 0.25) is 10.0 Å². The second-order valence-corrected chi connectivity index (χ2v) is 6.87. The number of ether oxygens (including phenoxy) is 1. The quantitative estimate of drug-likeness (QED) is 0.780. The van der Waals surface area contributed by atoms with E-state index in [1.165, 1.54) is 37.4 Å². The lowest BCUT2D eigenvalue weighted by Crippen LogP contribution is -2.25. The molecule has 0 saturated carbocycles. The van der Waals surface area contributed by atoms with Crippen LogP contribution < -0.4 is 9.46 Å². The first-order chi connectivity index (χ1) is 11.5. The maximum Gasteiger partial charge on any atom is 0.240 e. The Morgan fingerprint density at radius 1 is 1.21 bits per heavy atom. The van der Waals surface area contributed by atoms with Gasteiger partial charge in [0.05, 0.1) is 17.6 Å². The molecule has 2 aromatic rings. The molecule has 24 heavy (non-hydrogen) atoms. The number of hydrogen-bond donors (Lipinski definition) is 1. The zero-order valence-electron chi connectivity index (χ0n) is 13.1. The third kappa shape index (κ3) is 4.54. The van der Waals surface area contributed by atoms with Crippen molar-refractivity contribution in [1.82, 2.24) is 4.72 Å². The average molecular weight is 348 g/mol. The van der Waals surface area contributed by atoms with Crippen molar-refractivity contribution >= 4 is 10.0 Å². The van der Waals surface area contributed by atoms with Gasteiger partial charge in [0.15, 0.2) is 0 Å². The number of methoxy groups -OCH3 is 1. The van der Waals surface area contributed by atoms with Crippen LogP contribution in [0, 0.1) is 17.1 Å². The number of nitrogens with zero attached hydrogens (tertiary/aromatic N) is 1. The van der Waals surface area contributed by atoms with Gasteiger partial charge in [-0.25, -0.2) is 17.5 Å². The van der Waals surface area contributed by atoms with Crippen LogP contribution in [0.4, 0.5) is 4.39 Å². The SMILES string of the molecule is COc1ccc(S(=O)(=O)NCCCc2ccc(F)cc2)cc1C#N. The summed E-state index contributed by atoms with van der Waals surface area (Å²) in [6, 6.07) is 12.1. The van der Waals surface area contributed by atoms with E-state index in [-0.39, 0.29) is 22.8 Å². The molecule has 0 aliphatic carbocycles. The monoisotopic (exact) mass is 348 g/mol. The molecule has 2 aromatic carbocycles. The normalized spacial score (nSPS) is 11.0. The zero-order valence-corrected chi connectivity index (χ0v) is 13.9. The third-order valence-corrected chi connectivity index (χ3v) is 4.91. The fourth-order valence-corrected chi connectivity index (χ4v) is 3.28. The van der Waals surface area contributed by atoms with Crippen LogP contribution >= 0.6 is 0 Å². The molecular formula is C17H17FN2O3S. The van der Waals surface area contributed by atoms with E-state index in [1.54, 1.807) is 12.1 Å². The number of rotatable bonds is 7. The molecule has 0 unspecified atom stereocenters. The number of sulfonamides is 1. The Bertz CT molecular complexity index is 843. The summed E-state index contributed by atoms with van der Waals surface area (Å²) in [6.45, 7) is 0.244. The topological polar surface area (TPSA) is 79.2 Å². The molecule has 0 aliphatic rings. The Labute approximate surface area is 140 Å². The van der Waals surface area contributed by atoms with Crippen LogP contribution in [0.3, 0.4) is 0 Å². The second-order valence-electron chi connectivity index (χ2n) is 5.10. The summed E-state index contributed by atoms with van der Waals surface area (Å²) in [4.78, 5) is 0.0154. The van der Waals surface area contributed by atoms with Crippen molar-refractivity contribution in [3.63, 3.8) is 0 Å². The van der Waals surface area contributed by atoms with Crippen LogP contribution in [0.5, 0.6) is 5.75 Å². The van der Waals surface area contributed by atoms with Crippen molar-refractivity contribution in [1.29, 1.82) is 5.26 Å². The summed E-state index contributed by atoms with van der Waals surface area (Å²) in [5.74, 6) is 0.0278.